The average Bonchev–Trinajstić information content (AvgIpc) is 2.58. The molecule has 132 valence electrons. The Labute approximate surface area is 147 Å². The van der Waals surface area contributed by atoms with Crippen LogP contribution in [-0.2, 0) is 16.0 Å². The molecule has 1 aliphatic rings. The maximum atomic E-state index is 12.4. The van der Waals surface area contributed by atoms with Crippen molar-refractivity contribution in [1.29, 1.82) is 0 Å². The minimum absolute atomic E-state index is 0.127. The number of halogens is 1. The highest BCUT2D eigenvalue weighted by molar-refractivity contribution is 6.32. The summed E-state index contributed by atoms with van der Waals surface area (Å²) in [6, 6.07) is 5.56. The van der Waals surface area contributed by atoms with Gasteiger partial charge in [-0.3, -0.25) is 9.59 Å². The van der Waals surface area contributed by atoms with Gasteiger partial charge in [0.1, 0.15) is 5.75 Å². The van der Waals surface area contributed by atoms with Crippen LogP contribution in [0, 0.1) is 5.92 Å². The molecule has 1 unspecified atom stereocenters. The van der Waals surface area contributed by atoms with E-state index in [2.05, 4.69) is 0 Å². The van der Waals surface area contributed by atoms with E-state index < -0.39 is 5.97 Å². The van der Waals surface area contributed by atoms with Crippen molar-refractivity contribution in [3.05, 3.63) is 28.8 Å². The number of carboxylic acid groups (broad SMARTS) is 1. The van der Waals surface area contributed by atoms with Gasteiger partial charge in [-0.05, 0) is 49.3 Å². The molecule has 0 radical (unpaired) electrons. The standard InChI is InChI=1S/C18H24ClNO4/c1-24-16-7-4-13(11-15(16)19)5-8-17(21)20-10-2-3-14(12-20)6-9-18(22)23/h4,7,11,14H,2-3,5-6,8-10,12H2,1H3,(H,22,23). The second-order valence-electron chi connectivity index (χ2n) is 6.25. The van der Waals surface area contributed by atoms with Gasteiger partial charge >= 0.3 is 5.97 Å². The van der Waals surface area contributed by atoms with Crippen LogP contribution in [0.4, 0.5) is 0 Å². The molecule has 1 fully saturated rings. The molecule has 1 aromatic rings. The molecular formula is C18H24ClNO4. The molecular weight excluding hydrogens is 330 g/mol. The fraction of sp³-hybridized carbons (Fsp3) is 0.556. The summed E-state index contributed by atoms with van der Waals surface area (Å²) in [6.07, 6.45) is 3.85. The Morgan fingerprint density at radius 3 is 2.83 bits per heavy atom. The lowest BCUT2D eigenvalue weighted by molar-refractivity contribution is -0.137. The highest BCUT2D eigenvalue weighted by Gasteiger charge is 2.23. The first-order valence-electron chi connectivity index (χ1n) is 8.31. The summed E-state index contributed by atoms with van der Waals surface area (Å²) in [4.78, 5) is 25.0. The SMILES string of the molecule is COc1ccc(CCC(=O)N2CCCC(CCC(=O)O)C2)cc1Cl. The Morgan fingerprint density at radius 2 is 2.17 bits per heavy atom. The zero-order chi connectivity index (χ0) is 17.5. The van der Waals surface area contributed by atoms with E-state index in [1.807, 2.05) is 23.1 Å². The number of likely N-dealkylation sites (tertiary alicyclic amines) is 1. The second kappa shape index (κ2) is 8.92. The third-order valence-electron chi connectivity index (χ3n) is 4.48. The van der Waals surface area contributed by atoms with Crippen molar-refractivity contribution in [3.63, 3.8) is 0 Å². The summed E-state index contributed by atoms with van der Waals surface area (Å²) in [6.45, 7) is 1.45. The van der Waals surface area contributed by atoms with Gasteiger partial charge in [0.2, 0.25) is 5.91 Å². The summed E-state index contributed by atoms with van der Waals surface area (Å²) >= 11 is 6.10. The topological polar surface area (TPSA) is 66.8 Å². The molecule has 1 saturated heterocycles. The lowest BCUT2D eigenvalue weighted by atomic mass is 9.93. The normalized spacial score (nSPS) is 17.6. The minimum Gasteiger partial charge on any atom is -0.495 e. The van der Waals surface area contributed by atoms with Crippen LogP contribution >= 0.6 is 11.6 Å². The largest absolute Gasteiger partial charge is 0.495 e. The number of aryl methyl sites for hydroxylation is 1. The van der Waals surface area contributed by atoms with Crippen molar-refractivity contribution in [1.82, 2.24) is 4.90 Å². The average molecular weight is 354 g/mol. The highest BCUT2D eigenvalue weighted by Crippen LogP contribution is 2.26. The van der Waals surface area contributed by atoms with Crippen molar-refractivity contribution in [3.8, 4) is 5.75 Å². The van der Waals surface area contributed by atoms with E-state index in [0.29, 0.717) is 42.5 Å². The molecule has 2 rings (SSSR count). The number of hydrogen-bond acceptors (Lipinski definition) is 3. The van der Waals surface area contributed by atoms with Crippen molar-refractivity contribution < 1.29 is 19.4 Å². The van der Waals surface area contributed by atoms with E-state index in [0.717, 1.165) is 24.9 Å². The number of methoxy groups -OCH3 is 1. The molecule has 0 bridgehead atoms. The van der Waals surface area contributed by atoms with Gasteiger partial charge in [-0.15, -0.1) is 0 Å². The number of aliphatic carboxylic acids is 1. The van der Waals surface area contributed by atoms with Gasteiger partial charge in [0.15, 0.2) is 0 Å². The van der Waals surface area contributed by atoms with Crippen LogP contribution in [0.2, 0.25) is 5.02 Å². The monoisotopic (exact) mass is 353 g/mol. The molecule has 0 aromatic heterocycles. The van der Waals surface area contributed by atoms with Crippen LogP contribution in [0.3, 0.4) is 0 Å². The fourth-order valence-corrected chi connectivity index (χ4v) is 3.41. The fourth-order valence-electron chi connectivity index (χ4n) is 3.13. The van der Waals surface area contributed by atoms with E-state index in [4.69, 9.17) is 21.4 Å². The smallest absolute Gasteiger partial charge is 0.303 e. The Bertz CT molecular complexity index is 590. The summed E-state index contributed by atoms with van der Waals surface area (Å²) in [5, 5.41) is 9.34. The number of piperidine rings is 1. The lowest BCUT2D eigenvalue weighted by Gasteiger charge is -2.32. The Kier molecular flexibility index (Phi) is 6.91. The number of carbonyl (C=O) groups excluding carboxylic acids is 1. The number of carbonyl (C=O) groups is 2. The molecule has 1 aromatic carbocycles. The molecule has 0 saturated carbocycles. The van der Waals surface area contributed by atoms with Gasteiger partial charge in [0.05, 0.1) is 12.1 Å². The maximum Gasteiger partial charge on any atom is 0.303 e. The third kappa shape index (κ3) is 5.41. The number of carboxylic acids is 1. The van der Waals surface area contributed by atoms with Crippen LogP contribution in [0.25, 0.3) is 0 Å². The van der Waals surface area contributed by atoms with Crippen LogP contribution in [0.5, 0.6) is 5.75 Å². The molecule has 0 spiro atoms. The first-order valence-corrected chi connectivity index (χ1v) is 8.69. The van der Waals surface area contributed by atoms with E-state index >= 15 is 0 Å². The first kappa shape index (κ1) is 18.6. The van der Waals surface area contributed by atoms with Crippen LogP contribution < -0.4 is 4.74 Å². The zero-order valence-electron chi connectivity index (χ0n) is 14.0. The summed E-state index contributed by atoms with van der Waals surface area (Å²) < 4.78 is 5.12. The molecule has 1 aliphatic heterocycles. The number of ether oxygens (including phenoxy) is 1. The molecule has 24 heavy (non-hydrogen) atoms. The molecule has 1 atom stereocenters. The molecule has 1 N–H and O–H groups in total. The Morgan fingerprint density at radius 1 is 1.38 bits per heavy atom. The quantitative estimate of drug-likeness (QED) is 0.816. The second-order valence-corrected chi connectivity index (χ2v) is 6.66. The predicted molar refractivity (Wildman–Crippen MR) is 92.5 cm³/mol. The van der Waals surface area contributed by atoms with E-state index in [9.17, 15) is 9.59 Å². The van der Waals surface area contributed by atoms with Gasteiger partial charge < -0.3 is 14.7 Å². The number of nitrogens with zero attached hydrogens (tertiary/aromatic N) is 1. The van der Waals surface area contributed by atoms with Crippen molar-refractivity contribution in [2.45, 2.75) is 38.5 Å². The lowest BCUT2D eigenvalue weighted by Crippen LogP contribution is -2.40. The maximum absolute atomic E-state index is 12.4. The number of rotatable bonds is 7. The molecule has 1 amide bonds. The van der Waals surface area contributed by atoms with Gasteiger partial charge in [0, 0.05) is 25.9 Å². The third-order valence-corrected chi connectivity index (χ3v) is 4.78. The zero-order valence-corrected chi connectivity index (χ0v) is 14.7. The summed E-state index contributed by atoms with van der Waals surface area (Å²) in [5.74, 6) is 0.287. The predicted octanol–water partition coefficient (Wildman–Crippen LogP) is 3.38. The molecule has 0 aliphatic carbocycles. The van der Waals surface area contributed by atoms with Gasteiger partial charge in [0.25, 0.3) is 0 Å². The highest BCUT2D eigenvalue weighted by atomic mass is 35.5. The number of hydrogen-bond donors (Lipinski definition) is 1. The minimum atomic E-state index is -0.769. The molecule has 5 nitrogen and oxygen atoms in total. The van der Waals surface area contributed by atoms with E-state index in [-0.39, 0.29) is 12.3 Å². The van der Waals surface area contributed by atoms with Gasteiger partial charge in [-0.1, -0.05) is 17.7 Å². The number of benzene rings is 1. The molecule has 6 heteroatoms. The van der Waals surface area contributed by atoms with Crippen molar-refractivity contribution >= 4 is 23.5 Å². The Balaban J connectivity index is 1.83. The Hall–Kier alpha value is -1.75. The molecule has 1 heterocycles. The van der Waals surface area contributed by atoms with Crippen LogP contribution in [-0.4, -0.2) is 42.1 Å². The van der Waals surface area contributed by atoms with Crippen LogP contribution in [0.1, 0.15) is 37.7 Å². The number of amides is 1. The van der Waals surface area contributed by atoms with E-state index in [1.165, 1.54) is 0 Å². The van der Waals surface area contributed by atoms with Crippen LogP contribution in [0.15, 0.2) is 18.2 Å². The summed E-state index contributed by atoms with van der Waals surface area (Å²) in [5.41, 5.74) is 1.01. The van der Waals surface area contributed by atoms with Crippen molar-refractivity contribution in [2.75, 3.05) is 20.2 Å². The van der Waals surface area contributed by atoms with E-state index in [1.54, 1.807) is 7.11 Å². The van der Waals surface area contributed by atoms with Gasteiger partial charge in [-0.2, -0.15) is 0 Å². The van der Waals surface area contributed by atoms with Crippen molar-refractivity contribution in [2.24, 2.45) is 5.92 Å². The first-order chi connectivity index (χ1) is 11.5. The van der Waals surface area contributed by atoms with Gasteiger partial charge in [-0.25, -0.2) is 0 Å². The summed E-state index contributed by atoms with van der Waals surface area (Å²) in [7, 11) is 1.57.